The number of hydrogen-bond donors (Lipinski definition) is 2. The summed E-state index contributed by atoms with van der Waals surface area (Å²) < 4.78 is 28.7. The standard InChI is InChI=1S/C13H17NO5S/c1-19-9-5-3-8(4-6-9)10-11(20(2,17)18)13(10,7-14)12(15)16/h3-6,10-11H,7,14H2,1-2H3,(H,15,16)/t10-,11+,13-/m0/s1. The van der Waals surface area contributed by atoms with E-state index in [0.717, 1.165) is 6.26 Å². The lowest BCUT2D eigenvalue weighted by Crippen LogP contribution is -2.31. The average molecular weight is 299 g/mol. The molecule has 1 aromatic carbocycles. The number of nitrogens with two attached hydrogens (primary N) is 1. The number of sulfone groups is 1. The first-order chi connectivity index (χ1) is 9.29. The van der Waals surface area contributed by atoms with Crippen molar-refractivity contribution >= 4 is 15.8 Å². The van der Waals surface area contributed by atoms with Gasteiger partial charge in [0.05, 0.1) is 12.4 Å². The van der Waals surface area contributed by atoms with E-state index in [2.05, 4.69) is 0 Å². The number of carbonyl (C=O) groups is 1. The molecule has 110 valence electrons. The summed E-state index contributed by atoms with van der Waals surface area (Å²) in [4.78, 5) is 11.5. The third-order valence-electron chi connectivity index (χ3n) is 3.93. The Labute approximate surface area is 117 Å². The number of carboxylic acids is 1. The van der Waals surface area contributed by atoms with E-state index >= 15 is 0 Å². The van der Waals surface area contributed by atoms with Crippen molar-refractivity contribution in [1.82, 2.24) is 0 Å². The molecule has 0 unspecified atom stereocenters. The van der Waals surface area contributed by atoms with E-state index in [9.17, 15) is 18.3 Å². The van der Waals surface area contributed by atoms with Gasteiger partial charge in [0.25, 0.3) is 0 Å². The maximum atomic E-state index is 11.8. The van der Waals surface area contributed by atoms with E-state index in [4.69, 9.17) is 10.5 Å². The Morgan fingerprint density at radius 1 is 1.40 bits per heavy atom. The summed E-state index contributed by atoms with van der Waals surface area (Å²) in [7, 11) is -1.98. The molecule has 0 bridgehead atoms. The minimum atomic E-state index is -3.50. The van der Waals surface area contributed by atoms with Crippen LogP contribution in [0.25, 0.3) is 0 Å². The van der Waals surface area contributed by atoms with Crippen LogP contribution in [0.2, 0.25) is 0 Å². The second kappa shape index (κ2) is 4.75. The van der Waals surface area contributed by atoms with Gasteiger partial charge in [0.1, 0.15) is 11.2 Å². The fourth-order valence-corrected chi connectivity index (χ4v) is 4.83. The van der Waals surface area contributed by atoms with Crippen LogP contribution in [0, 0.1) is 5.41 Å². The monoisotopic (exact) mass is 299 g/mol. The van der Waals surface area contributed by atoms with Gasteiger partial charge in [-0.25, -0.2) is 8.42 Å². The van der Waals surface area contributed by atoms with E-state index in [-0.39, 0.29) is 6.54 Å². The molecule has 3 N–H and O–H groups in total. The lowest BCUT2D eigenvalue weighted by Gasteiger charge is -2.09. The first kappa shape index (κ1) is 14.8. The summed E-state index contributed by atoms with van der Waals surface area (Å²) in [5.74, 6) is -1.17. The van der Waals surface area contributed by atoms with Crippen molar-refractivity contribution in [1.29, 1.82) is 0 Å². The molecule has 1 fully saturated rings. The van der Waals surface area contributed by atoms with Gasteiger partial charge < -0.3 is 15.6 Å². The van der Waals surface area contributed by atoms with Crippen molar-refractivity contribution in [3.8, 4) is 5.75 Å². The van der Waals surface area contributed by atoms with Crippen LogP contribution >= 0.6 is 0 Å². The lowest BCUT2D eigenvalue weighted by molar-refractivity contribution is -0.143. The van der Waals surface area contributed by atoms with Crippen LogP contribution in [0.1, 0.15) is 11.5 Å². The molecule has 0 saturated heterocycles. The van der Waals surface area contributed by atoms with Gasteiger partial charge >= 0.3 is 5.97 Å². The Morgan fingerprint density at radius 3 is 2.25 bits per heavy atom. The quantitative estimate of drug-likeness (QED) is 0.806. The topological polar surface area (TPSA) is 107 Å². The second-order valence-corrected chi connectivity index (χ2v) is 7.22. The number of carboxylic acid groups (broad SMARTS) is 1. The van der Waals surface area contributed by atoms with Crippen molar-refractivity contribution in [3.63, 3.8) is 0 Å². The SMILES string of the molecule is COc1ccc([C@H]2[C@@H](S(C)(=O)=O)[C@@]2(CN)C(=O)O)cc1. The van der Waals surface area contributed by atoms with E-state index in [1.807, 2.05) is 0 Å². The van der Waals surface area contributed by atoms with Crippen LogP contribution < -0.4 is 10.5 Å². The Balaban J connectivity index is 2.46. The smallest absolute Gasteiger partial charge is 0.312 e. The van der Waals surface area contributed by atoms with E-state index < -0.39 is 32.4 Å². The molecule has 6 nitrogen and oxygen atoms in total. The zero-order valence-corrected chi connectivity index (χ0v) is 12.1. The highest BCUT2D eigenvalue weighted by molar-refractivity contribution is 7.91. The predicted molar refractivity (Wildman–Crippen MR) is 73.5 cm³/mol. The number of hydrogen-bond acceptors (Lipinski definition) is 5. The van der Waals surface area contributed by atoms with Gasteiger partial charge in [-0.05, 0) is 17.7 Å². The Bertz CT molecular complexity index is 625. The van der Waals surface area contributed by atoms with E-state index in [1.165, 1.54) is 7.11 Å². The minimum Gasteiger partial charge on any atom is -0.497 e. The summed E-state index contributed by atoms with van der Waals surface area (Å²) in [6, 6.07) is 6.72. The number of rotatable bonds is 5. The number of benzene rings is 1. The third kappa shape index (κ3) is 2.06. The molecule has 2 rings (SSSR count). The molecule has 0 amide bonds. The highest BCUT2D eigenvalue weighted by Crippen LogP contribution is 2.62. The first-order valence-electron chi connectivity index (χ1n) is 6.05. The molecule has 0 spiro atoms. The van der Waals surface area contributed by atoms with Crippen molar-refractivity contribution in [2.45, 2.75) is 11.2 Å². The molecule has 0 radical (unpaired) electrons. The molecule has 0 heterocycles. The van der Waals surface area contributed by atoms with Gasteiger partial charge in [-0.3, -0.25) is 4.79 Å². The van der Waals surface area contributed by atoms with Crippen LogP contribution in [0.4, 0.5) is 0 Å². The molecule has 1 aliphatic rings. The largest absolute Gasteiger partial charge is 0.497 e. The molecular weight excluding hydrogens is 282 g/mol. The molecule has 3 atom stereocenters. The maximum absolute atomic E-state index is 11.8. The van der Waals surface area contributed by atoms with Crippen LogP contribution in [0.5, 0.6) is 5.75 Å². The Kier molecular flexibility index (Phi) is 3.51. The predicted octanol–water partition coefficient (Wildman–Crippen LogP) is 0.235. The fourth-order valence-electron chi connectivity index (χ4n) is 2.90. The zero-order valence-electron chi connectivity index (χ0n) is 11.2. The number of aliphatic carboxylic acids is 1. The summed E-state index contributed by atoms with van der Waals surface area (Å²) in [6.07, 6.45) is 1.05. The average Bonchev–Trinajstić information content (AvgIpc) is 3.09. The summed E-state index contributed by atoms with van der Waals surface area (Å²) in [6.45, 7) is -0.212. The minimum absolute atomic E-state index is 0.212. The first-order valence-corrected chi connectivity index (χ1v) is 8.00. The molecule has 1 aliphatic carbocycles. The van der Waals surface area contributed by atoms with Crippen molar-refractivity contribution in [2.75, 3.05) is 19.9 Å². The second-order valence-electron chi connectivity index (χ2n) is 5.05. The van der Waals surface area contributed by atoms with Crippen LogP contribution in [0.15, 0.2) is 24.3 Å². The van der Waals surface area contributed by atoms with Crippen LogP contribution in [-0.2, 0) is 14.6 Å². The van der Waals surface area contributed by atoms with Crippen molar-refractivity contribution in [3.05, 3.63) is 29.8 Å². The molecule has 1 saturated carbocycles. The fraction of sp³-hybridized carbons (Fsp3) is 0.462. The van der Waals surface area contributed by atoms with Crippen molar-refractivity contribution in [2.24, 2.45) is 11.1 Å². The van der Waals surface area contributed by atoms with Crippen LogP contribution in [0.3, 0.4) is 0 Å². The molecule has 0 aliphatic heterocycles. The Hall–Kier alpha value is -1.60. The van der Waals surface area contributed by atoms with Gasteiger partial charge in [-0.1, -0.05) is 12.1 Å². The van der Waals surface area contributed by atoms with E-state index in [1.54, 1.807) is 24.3 Å². The van der Waals surface area contributed by atoms with Gasteiger partial charge in [-0.2, -0.15) is 0 Å². The van der Waals surface area contributed by atoms with Gasteiger partial charge in [0.15, 0.2) is 9.84 Å². The van der Waals surface area contributed by atoms with Crippen molar-refractivity contribution < 1.29 is 23.1 Å². The number of methoxy groups -OCH3 is 1. The summed E-state index contributed by atoms with van der Waals surface area (Å²) in [5, 5.41) is 8.42. The molecular formula is C13H17NO5S. The molecule has 1 aromatic rings. The van der Waals surface area contributed by atoms with Crippen LogP contribution in [-0.4, -0.2) is 44.7 Å². The summed E-state index contributed by atoms with van der Waals surface area (Å²) in [5.41, 5.74) is 4.79. The van der Waals surface area contributed by atoms with Gasteiger partial charge in [-0.15, -0.1) is 0 Å². The molecule has 0 aromatic heterocycles. The Morgan fingerprint density at radius 2 is 1.95 bits per heavy atom. The normalized spacial score (nSPS) is 28.9. The molecule has 20 heavy (non-hydrogen) atoms. The zero-order chi connectivity index (χ0) is 15.1. The van der Waals surface area contributed by atoms with E-state index in [0.29, 0.717) is 11.3 Å². The van der Waals surface area contributed by atoms with Gasteiger partial charge in [0, 0.05) is 18.7 Å². The van der Waals surface area contributed by atoms with Gasteiger partial charge in [0.2, 0.25) is 0 Å². The lowest BCUT2D eigenvalue weighted by atomic mass is 9.99. The summed E-state index contributed by atoms with van der Waals surface area (Å²) >= 11 is 0. The highest BCUT2D eigenvalue weighted by atomic mass is 32.2. The number of ether oxygens (including phenoxy) is 1. The molecule has 7 heteroatoms. The third-order valence-corrected chi connectivity index (χ3v) is 5.54. The highest BCUT2D eigenvalue weighted by Gasteiger charge is 2.74. The maximum Gasteiger partial charge on any atom is 0.312 e.